The fraction of sp³-hybridized carbons (Fsp3) is 0.562. The zero-order chi connectivity index (χ0) is 17.9. The quantitative estimate of drug-likeness (QED) is 0.840. The van der Waals surface area contributed by atoms with Crippen LogP contribution in [0.15, 0.2) is 12.1 Å². The van der Waals surface area contributed by atoms with E-state index in [4.69, 9.17) is 9.47 Å². The lowest BCUT2D eigenvalue weighted by Crippen LogP contribution is -2.34. The summed E-state index contributed by atoms with van der Waals surface area (Å²) in [5.74, 6) is 0.425. The van der Waals surface area contributed by atoms with Crippen LogP contribution in [0.25, 0.3) is 0 Å². The fourth-order valence-corrected chi connectivity index (χ4v) is 3.33. The maximum Gasteiger partial charge on any atom is 0.253 e. The smallest absolute Gasteiger partial charge is 0.253 e. The van der Waals surface area contributed by atoms with Gasteiger partial charge in [-0.2, -0.15) is 0 Å². The number of hydrogen-bond donors (Lipinski definition) is 1. The third-order valence-electron chi connectivity index (χ3n) is 4.27. The molecule has 0 atom stereocenters. The molecule has 0 aromatic heterocycles. The summed E-state index contributed by atoms with van der Waals surface area (Å²) < 4.78 is 35.4. The monoisotopic (exact) mass is 356 g/mol. The maximum atomic E-state index is 12.7. The van der Waals surface area contributed by atoms with E-state index >= 15 is 0 Å². The molecule has 0 saturated heterocycles. The molecule has 1 amide bonds. The maximum absolute atomic E-state index is 12.7. The van der Waals surface area contributed by atoms with Gasteiger partial charge in [-0.25, -0.2) is 8.42 Å². The molecule has 24 heavy (non-hydrogen) atoms. The third-order valence-corrected chi connectivity index (χ3v) is 5.47. The highest BCUT2D eigenvalue weighted by molar-refractivity contribution is 7.92. The number of carbonyl (C=O) groups excluding carboxylic acids is 1. The van der Waals surface area contributed by atoms with Crippen LogP contribution in [0.2, 0.25) is 0 Å². The molecule has 8 heteroatoms. The Morgan fingerprint density at radius 1 is 1.17 bits per heavy atom. The number of ether oxygens (including phenoxy) is 2. The van der Waals surface area contributed by atoms with Crippen molar-refractivity contribution in [3.05, 3.63) is 17.7 Å². The van der Waals surface area contributed by atoms with Gasteiger partial charge in [-0.1, -0.05) is 12.8 Å². The third kappa shape index (κ3) is 3.92. The van der Waals surface area contributed by atoms with Gasteiger partial charge >= 0.3 is 0 Å². The van der Waals surface area contributed by atoms with Crippen molar-refractivity contribution in [1.82, 2.24) is 5.32 Å². The molecule has 0 bridgehead atoms. The lowest BCUT2D eigenvalue weighted by molar-refractivity contribution is 0.0938. The van der Waals surface area contributed by atoms with Gasteiger partial charge < -0.3 is 14.8 Å². The number of nitrogens with one attached hydrogen (secondary N) is 1. The summed E-state index contributed by atoms with van der Waals surface area (Å²) >= 11 is 0. The van der Waals surface area contributed by atoms with E-state index in [1.165, 1.54) is 33.4 Å². The van der Waals surface area contributed by atoms with Crippen LogP contribution in [0.4, 0.5) is 5.69 Å². The summed E-state index contributed by atoms with van der Waals surface area (Å²) in [5.41, 5.74) is 0.498. The highest BCUT2D eigenvalue weighted by atomic mass is 32.2. The number of anilines is 1. The van der Waals surface area contributed by atoms with Crippen LogP contribution in [0, 0.1) is 0 Å². The Morgan fingerprint density at radius 3 is 2.21 bits per heavy atom. The van der Waals surface area contributed by atoms with Crippen LogP contribution in [-0.2, 0) is 10.0 Å². The highest BCUT2D eigenvalue weighted by Crippen LogP contribution is 2.36. The Hall–Kier alpha value is -1.96. The van der Waals surface area contributed by atoms with E-state index in [0.29, 0.717) is 11.5 Å². The summed E-state index contributed by atoms with van der Waals surface area (Å²) in [4.78, 5) is 12.7. The Bertz CT molecular complexity index is 711. The van der Waals surface area contributed by atoms with Crippen LogP contribution in [0.3, 0.4) is 0 Å². The summed E-state index contributed by atoms with van der Waals surface area (Å²) in [6.07, 6.45) is 5.15. The van der Waals surface area contributed by atoms with Gasteiger partial charge in [0.05, 0.1) is 31.7 Å². The first-order chi connectivity index (χ1) is 11.3. The van der Waals surface area contributed by atoms with Gasteiger partial charge in [0, 0.05) is 19.2 Å². The lowest BCUT2D eigenvalue weighted by Gasteiger charge is -2.23. The molecule has 1 aromatic rings. The summed E-state index contributed by atoms with van der Waals surface area (Å²) in [5, 5.41) is 2.97. The second-order valence-electron chi connectivity index (χ2n) is 5.91. The van der Waals surface area contributed by atoms with Gasteiger partial charge in [0.25, 0.3) is 5.91 Å². The van der Waals surface area contributed by atoms with Crippen LogP contribution in [0.1, 0.15) is 36.0 Å². The van der Waals surface area contributed by atoms with Crippen molar-refractivity contribution in [2.45, 2.75) is 31.7 Å². The van der Waals surface area contributed by atoms with Gasteiger partial charge in [-0.05, 0) is 18.9 Å². The number of rotatable bonds is 6. The molecule has 1 N–H and O–H groups in total. The zero-order valence-electron chi connectivity index (χ0n) is 14.5. The predicted octanol–water partition coefficient (Wildman–Crippen LogP) is 1.77. The molecular formula is C16H24N2O5S. The van der Waals surface area contributed by atoms with E-state index in [2.05, 4.69) is 5.32 Å². The molecule has 0 aliphatic heterocycles. The van der Waals surface area contributed by atoms with Gasteiger partial charge in [-0.3, -0.25) is 9.10 Å². The molecule has 0 spiro atoms. The second-order valence-corrected chi connectivity index (χ2v) is 7.92. The van der Waals surface area contributed by atoms with Crippen molar-refractivity contribution in [3.63, 3.8) is 0 Å². The highest BCUT2D eigenvalue weighted by Gasteiger charge is 2.25. The number of benzene rings is 1. The van der Waals surface area contributed by atoms with Crippen molar-refractivity contribution in [3.8, 4) is 11.5 Å². The summed E-state index contributed by atoms with van der Waals surface area (Å²) in [6.45, 7) is 0. The van der Waals surface area contributed by atoms with Crippen molar-refractivity contribution >= 4 is 21.6 Å². The minimum absolute atomic E-state index is 0.127. The van der Waals surface area contributed by atoms with Crippen LogP contribution < -0.4 is 19.1 Å². The van der Waals surface area contributed by atoms with Gasteiger partial charge in [0.2, 0.25) is 10.0 Å². The van der Waals surface area contributed by atoms with Crippen LogP contribution in [-0.4, -0.2) is 47.9 Å². The van der Waals surface area contributed by atoms with E-state index in [9.17, 15) is 13.2 Å². The average Bonchev–Trinajstić information content (AvgIpc) is 3.04. The first-order valence-electron chi connectivity index (χ1n) is 7.78. The number of methoxy groups -OCH3 is 2. The number of sulfonamides is 1. The van der Waals surface area contributed by atoms with Crippen molar-refractivity contribution in [2.75, 3.05) is 31.8 Å². The minimum atomic E-state index is -3.53. The van der Waals surface area contributed by atoms with Crippen LogP contribution in [0.5, 0.6) is 11.5 Å². The second kappa shape index (κ2) is 7.29. The molecule has 7 nitrogen and oxygen atoms in total. The Morgan fingerprint density at radius 2 is 1.71 bits per heavy atom. The van der Waals surface area contributed by atoms with E-state index < -0.39 is 10.0 Å². The van der Waals surface area contributed by atoms with E-state index in [1.807, 2.05) is 0 Å². The molecular weight excluding hydrogens is 332 g/mol. The summed E-state index contributed by atoms with van der Waals surface area (Å²) in [6, 6.07) is 3.14. The normalized spacial score (nSPS) is 15.2. The minimum Gasteiger partial charge on any atom is -0.493 e. The first kappa shape index (κ1) is 18.4. The standard InChI is InChI=1S/C16H24N2O5S/c1-18(24(4,20)21)13-10-15(23-3)14(22-2)9-12(13)16(19)17-11-7-5-6-8-11/h9-11H,5-8H2,1-4H3,(H,17,19). The van der Waals surface area contributed by atoms with Crippen LogP contribution >= 0.6 is 0 Å². The van der Waals surface area contributed by atoms with E-state index in [0.717, 1.165) is 36.2 Å². The average molecular weight is 356 g/mol. The fourth-order valence-electron chi connectivity index (χ4n) is 2.82. The van der Waals surface area contributed by atoms with Crippen molar-refractivity contribution in [1.29, 1.82) is 0 Å². The SMILES string of the molecule is COc1cc(C(=O)NC2CCCC2)c(N(C)S(C)(=O)=O)cc1OC. The van der Waals surface area contributed by atoms with Gasteiger partial charge in [0.15, 0.2) is 11.5 Å². The van der Waals surface area contributed by atoms with E-state index in [-0.39, 0.29) is 23.2 Å². The molecule has 1 fully saturated rings. The number of nitrogens with zero attached hydrogens (tertiary/aromatic N) is 1. The molecule has 0 radical (unpaired) electrons. The van der Waals surface area contributed by atoms with Gasteiger partial charge in [-0.15, -0.1) is 0 Å². The van der Waals surface area contributed by atoms with Crippen molar-refractivity contribution in [2.24, 2.45) is 0 Å². The predicted molar refractivity (Wildman–Crippen MR) is 92.5 cm³/mol. The molecule has 0 heterocycles. The number of carbonyl (C=O) groups is 1. The molecule has 1 aliphatic carbocycles. The Kier molecular flexibility index (Phi) is 5.58. The summed E-state index contributed by atoms with van der Waals surface area (Å²) in [7, 11) is 0.806. The van der Waals surface area contributed by atoms with Gasteiger partial charge in [0.1, 0.15) is 0 Å². The topological polar surface area (TPSA) is 84.9 Å². The largest absolute Gasteiger partial charge is 0.493 e. The molecule has 2 rings (SSSR count). The molecule has 134 valence electrons. The number of hydrogen-bond acceptors (Lipinski definition) is 5. The molecule has 1 aliphatic rings. The Labute approximate surface area is 143 Å². The molecule has 1 aromatic carbocycles. The van der Waals surface area contributed by atoms with E-state index in [1.54, 1.807) is 0 Å². The molecule has 1 saturated carbocycles. The Balaban J connectivity index is 2.47. The molecule has 0 unspecified atom stereocenters. The number of amides is 1. The lowest BCUT2D eigenvalue weighted by atomic mass is 10.1. The zero-order valence-corrected chi connectivity index (χ0v) is 15.3. The first-order valence-corrected chi connectivity index (χ1v) is 9.63. The van der Waals surface area contributed by atoms with Crippen molar-refractivity contribution < 1.29 is 22.7 Å².